The lowest BCUT2D eigenvalue weighted by atomic mass is 10.0. The van der Waals surface area contributed by atoms with Crippen molar-refractivity contribution in [2.45, 2.75) is 12.2 Å². The molecule has 0 unspecified atom stereocenters. The SMILES string of the molecule is COc1ccc([C@H](OC(=O)Nc2ccc3c(c2)OCO3)[C@H](/C=C/C(=O)O)OC)cc1O. The monoisotopic (exact) mass is 431 g/mol. The lowest BCUT2D eigenvalue weighted by molar-refractivity contribution is -0.131. The molecule has 0 aliphatic carbocycles. The Morgan fingerprint density at radius 3 is 2.58 bits per heavy atom. The predicted molar refractivity (Wildman–Crippen MR) is 108 cm³/mol. The van der Waals surface area contributed by atoms with Gasteiger partial charge in [-0.05, 0) is 35.9 Å². The van der Waals surface area contributed by atoms with E-state index in [0.717, 1.165) is 6.08 Å². The maximum Gasteiger partial charge on any atom is 0.412 e. The second kappa shape index (κ2) is 9.72. The van der Waals surface area contributed by atoms with Crippen LogP contribution in [-0.2, 0) is 14.3 Å². The standard InChI is InChI=1S/C21H21NO9/c1-27-15-5-3-12(9-14(15)23)20(17(28-2)7-8-19(24)25)31-21(26)22-13-4-6-16-18(10-13)30-11-29-16/h3-10,17,20,23H,11H2,1-2H3,(H,22,26)(H,24,25)/b8-7+/t17-,20-/m0/s1. The summed E-state index contributed by atoms with van der Waals surface area (Å²) in [6.07, 6.45) is -0.742. The number of carboxylic acid groups (broad SMARTS) is 1. The van der Waals surface area contributed by atoms with Crippen LogP contribution >= 0.6 is 0 Å². The number of carbonyl (C=O) groups is 2. The number of amides is 1. The van der Waals surface area contributed by atoms with Crippen LogP contribution in [0.3, 0.4) is 0 Å². The average molecular weight is 431 g/mol. The van der Waals surface area contributed by atoms with Crippen LogP contribution in [0.4, 0.5) is 10.5 Å². The summed E-state index contributed by atoms with van der Waals surface area (Å²) in [6, 6.07) is 9.24. The van der Waals surface area contributed by atoms with E-state index < -0.39 is 24.3 Å². The first kappa shape index (κ1) is 21.8. The second-order valence-electron chi connectivity index (χ2n) is 6.35. The zero-order valence-electron chi connectivity index (χ0n) is 16.7. The summed E-state index contributed by atoms with van der Waals surface area (Å²) in [7, 11) is 2.74. The van der Waals surface area contributed by atoms with Crippen molar-refractivity contribution >= 4 is 17.7 Å². The smallest absolute Gasteiger partial charge is 0.412 e. The number of anilines is 1. The third-order valence-corrected chi connectivity index (χ3v) is 4.38. The number of rotatable bonds is 8. The van der Waals surface area contributed by atoms with E-state index in [-0.39, 0.29) is 18.3 Å². The minimum absolute atomic E-state index is 0.0949. The van der Waals surface area contributed by atoms with Crippen LogP contribution in [-0.4, -0.2) is 49.4 Å². The van der Waals surface area contributed by atoms with Crippen LogP contribution in [0.2, 0.25) is 0 Å². The molecule has 0 saturated heterocycles. The second-order valence-corrected chi connectivity index (χ2v) is 6.35. The number of fused-ring (bicyclic) bond motifs is 1. The Labute approximate surface area is 177 Å². The van der Waals surface area contributed by atoms with Crippen LogP contribution in [0.15, 0.2) is 48.6 Å². The number of benzene rings is 2. The Bertz CT molecular complexity index is 989. The van der Waals surface area contributed by atoms with Gasteiger partial charge in [0.1, 0.15) is 6.10 Å². The maximum atomic E-state index is 12.6. The summed E-state index contributed by atoms with van der Waals surface area (Å²) < 4.78 is 26.4. The number of methoxy groups -OCH3 is 2. The van der Waals surface area contributed by atoms with E-state index in [1.54, 1.807) is 24.3 Å². The number of ether oxygens (including phenoxy) is 5. The third-order valence-electron chi connectivity index (χ3n) is 4.38. The normalized spacial score (nSPS) is 14.1. The number of hydrogen-bond donors (Lipinski definition) is 3. The van der Waals surface area contributed by atoms with Crippen LogP contribution in [0, 0.1) is 0 Å². The van der Waals surface area contributed by atoms with Gasteiger partial charge in [0, 0.05) is 24.9 Å². The topological polar surface area (TPSA) is 133 Å². The van der Waals surface area contributed by atoms with E-state index >= 15 is 0 Å². The molecule has 2 aromatic rings. The van der Waals surface area contributed by atoms with E-state index in [4.69, 9.17) is 28.8 Å². The molecule has 10 heteroatoms. The lowest BCUT2D eigenvalue weighted by Crippen LogP contribution is -2.27. The minimum atomic E-state index is -1.19. The number of aromatic hydroxyl groups is 1. The predicted octanol–water partition coefficient (Wildman–Crippen LogP) is 3.08. The molecule has 0 bridgehead atoms. The number of carbonyl (C=O) groups excluding carboxylic acids is 1. The average Bonchev–Trinajstić information content (AvgIpc) is 3.21. The van der Waals surface area contributed by atoms with E-state index in [2.05, 4.69) is 5.32 Å². The fraction of sp³-hybridized carbons (Fsp3) is 0.238. The molecule has 1 aliphatic rings. The number of phenols is 1. The Balaban J connectivity index is 1.83. The van der Waals surface area contributed by atoms with Gasteiger partial charge in [0.15, 0.2) is 29.1 Å². The summed E-state index contributed by atoms with van der Waals surface area (Å²) in [6.45, 7) is 0.0949. The van der Waals surface area contributed by atoms with Crippen molar-refractivity contribution in [2.75, 3.05) is 26.3 Å². The highest BCUT2D eigenvalue weighted by Gasteiger charge is 2.27. The van der Waals surface area contributed by atoms with E-state index in [1.165, 1.54) is 32.4 Å². The van der Waals surface area contributed by atoms with Gasteiger partial charge in [-0.3, -0.25) is 5.32 Å². The van der Waals surface area contributed by atoms with Crippen LogP contribution < -0.4 is 19.5 Å². The molecule has 10 nitrogen and oxygen atoms in total. The molecule has 2 aromatic carbocycles. The molecular formula is C21H21NO9. The summed E-state index contributed by atoms with van der Waals surface area (Å²) in [5.74, 6) is -0.107. The van der Waals surface area contributed by atoms with Crippen molar-refractivity contribution in [3.63, 3.8) is 0 Å². The van der Waals surface area contributed by atoms with Gasteiger partial charge in [0.05, 0.1) is 7.11 Å². The van der Waals surface area contributed by atoms with Crippen LogP contribution in [0.5, 0.6) is 23.0 Å². The molecule has 3 rings (SSSR count). The Morgan fingerprint density at radius 2 is 1.90 bits per heavy atom. The first-order chi connectivity index (χ1) is 14.9. The molecule has 1 aliphatic heterocycles. The van der Waals surface area contributed by atoms with Crippen molar-refractivity contribution in [2.24, 2.45) is 0 Å². The fourth-order valence-corrected chi connectivity index (χ4v) is 2.93. The number of hydrogen-bond acceptors (Lipinski definition) is 8. The lowest BCUT2D eigenvalue weighted by Gasteiger charge is -2.24. The van der Waals surface area contributed by atoms with Crippen LogP contribution in [0.1, 0.15) is 11.7 Å². The maximum absolute atomic E-state index is 12.6. The largest absolute Gasteiger partial charge is 0.504 e. The van der Waals surface area contributed by atoms with Crippen molar-refractivity contribution in [1.82, 2.24) is 0 Å². The molecule has 3 N–H and O–H groups in total. The molecule has 1 heterocycles. The third kappa shape index (κ3) is 5.37. The fourth-order valence-electron chi connectivity index (χ4n) is 2.93. The zero-order chi connectivity index (χ0) is 22.4. The molecule has 31 heavy (non-hydrogen) atoms. The van der Waals surface area contributed by atoms with Gasteiger partial charge >= 0.3 is 12.1 Å². The molecule has 1 amide bonds. The van der Waals surface area contributed by atoms with Crippen molar-refractivity contribution in [3.8, 4) is 23.0 Å². The number of phenolic OH excluding ortho intramolecular Hbond substituents is 1. The molecule has 0 aromatic heterocycles. The Morgan fingerprint density at radius 1 is 1.13 bits per heavy atom. The Kier molecular flexibility index (Phi) is 6.83. The van der Waals surface area contributed by atoms with Gasteiger partial charge < -0.3 is 33.9 Å². The minimum Gasteiger partial charge on any atom is -0.504 e. The van der Waals surface area contributed by atoms with Crippen LogP contribution in [0.25, 0.3) is 0 Å². The van der Waals surface area contributed by atoms with Gasteiger partial charge in [0.25, 0.3) is 0 Å². The molecule has 0 saturated carbocycles. The van der Waals surface area contributed by atoms with Crippen molar-refractivity contribution < 1.29 is 43.5 Å². The van der Waals surface area contributed by atoms with E-state index in [0.29, 0.717) is 22.7 Å². The first-order valence-electron chi connectivity index (χ1n) is 9.09. The zero-order valence-corrected chi connectivity index (χ0v) is 16.7. The van der Waals surface area contributed by atoms with E-state index in [9.17, 15) is 14.7 Å². The number of aliphatic carboxylic acids is 1. The van der Waals surface area contributed by atoms with Gasteiger partial charge in [-0.2, -0.15) is 0 Å². The highest BCUT2D eigenvalue weighted by Crippen LogP contribution is 2.35. The molecule has 0 spiro atoms. The van der Waals surface area contributed by atoms with Crippen molar-refractivity contribution in [3.05, 3.63) is 54.1 Å². The van der Waals surface area contributed by atoms with E-state index in [1.807, 2.05) is 0 Å². The molecule has 2 atom stereocenters. The van der Waals surface area contributed by atoms with Gasteiger partial charge in [-0.1, -0.05) is 6.07 Å². The molecule has 164 valence electrons. The highest BCUT2D eigenvalue weighted by atomic mass is 16.7. The molecule has 0 fully saturated rings. The summed E-state index contributed by atoms with van der Waals surface area (Å²) in [4.78, 5) is 23.5. The highest BCUT2D eigenvalue weighted by molar-refractivity contribution is 5.85. The molecule has 0 radical (unpaired) electrons. The van der Waals surface area contributed by atoms with Crippen molar-refractivity contribution in [1.29, 1.82) is 0 Å². The Hall–Kier alpha value is -3.92. The number of carboxylic acids is 1. The number of nitrogens with one attached hydrogen (secondary N) is 1. The summed E-state index contributed by atoms with van der Waals surface area (Å²) >= 11 is 0. The van der Waals surface area contributed by atoms with Gasteiger partial charge in [0.2, 0.25) is 6.79 Å². The molecular weight excluding hydrogens is 410 g/mol. The van der Waals surface area contributed by atoms with Gasteiger partial charge in [-0.15, -0.1) is 0 Å². The quantitative estimate of drug-likeness (QED) is 0.539. The van der Waals surface area contributed by atoms with Gasteiger partial charge in [-0.25, -0.2) is 9.59 Å². The first-order valence-corrected chi connectivity index (χ1v) is 9.09. The summed E-state index contributed by atoms with van der Waals surface area (Å²) in [5, 5.41) is 21.6. The summed E-state index contributed by atoms with van der Waals surface area (Å²) in [5.41, 5.74) is 0.765.